The number of anilines is 1. The van der Waals surface area contributed by atoms with Crippen molar-refractivity contribution in [3.05, 3.63) is 54.4 Å². The van der Waals surface area contributed by atoms with Gasteiger partial charge in [-0.3, -0.25) is 0 Å². The minimum absolute atomic E-state index is 0.0834. The lowest BCUT2D eigenvalue weighted by atomic mass is 10.2. The highest BCUT2D eigenvalue weighted by atomic mass is 16.5. The van der Waals surface area contributed by atoms with Crippen molar-refractivity contribution in [2.75, 3.05) is 18.5 Å². The fourth-order valence-corrected chi connectivity index (χ4v) is 2.78. The maximum Gasteiger partial charge on any atom is 0.178 e. The predicted octanol–water partition coefficient (Wildman–Crippen LogP) is 3.00. The zero-order valence-electron chi connectivity index (χ0n) is 13.9. The molecule has 0 aliphatic carbocycles. The second kappa shape index (κ2) is 6.80. The van der Waals surface area contributed by atoms with E-state index in [1.807, 2.05) is 55.5 Å². The normalized spacial score (nSPS) is 14.6. The summed E-state index contributed by atoms with van der Waals surface area (Å²) < 4.78 is 13.1. The van der Waals surface area contributed by atoms with Crippen LogP contribution in [0.25, 0.3) is 5.69 Å². The second-order valence-corrected chi connectivity index (χ2v) is 5.86. The number of fused-ring (bicyclic) bond motifs is 1. The highest BCUT2D eigenvalue weighted by molar-refractivity contribution is 5.55. The van der Waals surface area contributed by atoms with Crippen LogP contribution in [-0.4, -0.2) is 33.4 Å². The summed E-state index contributed by atoms with van der Waals surface area (Å²) in [5.74, 6) is 2.28. The molecule has 1 atom stereocenters. The molecule has 0 fully saturated rings. The number of hydrogen-bond acceptors (Lipinski definition) is 6. The lowest BCUT2D eigenvalue weighted by Crippen LogP contribution is -2.13. The molecule has 0 amide bonds. The molecule has 1 aliphatic rings. The molecule has 2 aromatic carbocycles. The van der Waals surface area contributed by atoms with Gasteiger partial charge in [-0.1, -0.05) is 18.2 Å². The third kappa shape index (κ3) is 3.26. The molecule has 0 saturated heterocycles. The maximum absolute atomic E-state index is 5.74. The Kier molecular flexibility index (Phi) is 4.20. The first kappa shape index (κ1) is 15.4. The molecule has 7 heteroatoms. The van der Waals surface area contributed by atoms with E-state index in [2.05, 4.69) is 20.8 Å². The maximum atomic E-state index is 5.74. The zero-order valence-corrected chi connectivity index (χ0v) is 13.9. The zero-order chi connectivity index (χ0) is 17.1. The molecular weight excluding hydrogens is 318 g/mol. The van der Waals surface area contributed by atoms with E-state index in [1.165, 1.54) is 0 Å². The Morgan fingerprint density at radius 1 is 1.04 bits per heavy atom. The molecule has 1 N–H and O–H groups in total. The van der Waals surface area contributed by atoms with Gasteiger partial charge in [-0.2, -0.15) is 4.68 Å². The lowest BCUT2D eigenvalue weighted by Gasteiger charge is -2.16. The first-order valence-corrected chi connectivity index (χ1v) is 8.31. The first-order valence-electron chi connectivity index (χ1n) is 8.31. The van der Waals surface area contributed by atoms with Crippen LogP contribution in [0.1, 0.15) is 25.2 Å². The molecule has 1 aliphatic heterocycles. The van der Waals surface area contributed by atoms with Gasteiger partial charge in [0.05, 0.1) is 24.9 Å². The van der Waals surface area contributed by atoms with Gasteiger partial charge >= 0.3 is 0 Å². The van der Waals surface area contributed by atoms with Gasteiger partial charge < -0.3 is 14.8 Å². The Morgan fingerprint density at radius 2 is 1.84 bits per heavy atom. The monoisotopic (exact) mass is 337 g/mol. The standard InChI is InChI=1S/C18H19N5O2/c1-13(18-20-21-22-23(18)15-6-3-2-4-7-15)19-14-8-9-16-17(12-14)25-11-5-10-24-16/h2-4,6-9,12-13,19H,5,10-11H2,1H3/t13-/m1/s1. The van der Waals surface area contributed by atoms with Crippen molar-refractivity contribution in [3.8, 4) is 17.2 Å². The number of para-hydroxylation sites is 1. The number of nitrogens with one attached hydrogen (secondary N) is 1. The van der Waals surface area contributed by atoms with Crippen LogP contribution in [0.4, 0.5) is 5.69 Å². The van der Waals surface area contributed by atoms with Crippen LogP contribution < -0.4 is 14.8 Å². The molecule has 0 unspecified atom stereocenters. The van der Waals surface area contributed by atoms with Crippen molar-refractivity contribution >= 4 is 5.69 Å². The van der Waals surface area contributed by atoms with Gasteiger partial charge in [0.15, 0.2) is 17.3 Å². The number of hydrogen-bond donors (Lipinski definition) is 1. The van der Waals surface area contributed by atoms with Crippen molar-refractivity contribution < 1.29 is 9.47 Å². The molecule has 0 spiro atoms. The van der Waals surface area contributed by atoms with Gasteiger partial charge in [0.25, 0.3) is 0 Å². The second-order valence-electron chi connectivity index (χ2n) is 5.86. The molecule has 3 aromatic rings. The molecule has 7 nitrogen and oxygen atoms in total. The van der Waals surface area contributed by atoms with E-state index in [4.69, 9.17) is 9.47 Å². The van der Waals surface area contributed by atoms with E-state index in [1.54, 1.807) is 4.68 Å². The summed E-state index contributed by atoms with van der Waals surface area (Å²) in [7, 11) is 0. The van der Waals surface area contributed by atoms with Crippen LogP contribution in [-0.2, 0) is 0 Å². The van der Waals surface area contributed by atoms with E-state index in [-0.39, 0.29) is 6.04 Å². The summed E-state index contributed by atoms with van der Waals surface area (Å²) >= 11 is 0. The highest BCUT2D eigenvalue weighted by Gasteiger charge is 2.17. The van der Waals surface area contributed by atoms with Gasteiger partial charge in [0, 0.05) is 18.2 Å². The van der Waals surface area contributed by atoms with Crippen molar-refractivity contribution in [1.82, 2.24) is 20.2 Å². The minimum Gasteiger partial charge on any atom is -0.490 e. The fraction of sp³-hybridized carbons (Fsp3) is 0.278. The summed E-state index contributed by atoms with van der Waals surface area (Å²) in [6.45, 7) is 3.37. The minimum atomic E-state index is -0.0834. The molecule has 4 rings (SSSR count). The summed E-state index contributed by atoms with van der Waals surface area (Å²) in [6.07, 6.45) is 0.889. The van der Waals surface area contributed by atoms with E-state index in [0.29, 0.717) is 13.2 Å². The van der Waals surface area contributed by atoms with Gasteiger partial charge in [0.1, 0.15) is 0 Å². The van der Waals surface area contributed by atoms with Gasteiger partial charge in [-0.05, 0) is 41.6 Å². The molecule has 128 valence electrons. The quantitative estimate of drug-likeness (QED) is 0.789. The lowest BCUT2D eigenvalue weighted by molar-refractivity contribution is 0.297. The molecule has 0 radical (unpaired) electrons. The largest absolute Gasteiger partial charge is 0.490 e. The Labute approximate surface area is 145 Å². The van der Waals surface area contributed by atoms with Gasteiger partial charge in [0.2, 0.25) is 0 Å². The van der Waals surface area contributed by atoms with E-state index in [9.17, 15) is 0 Å². The third-order valence-corrected chi connectivity index (χ3v) is 4.01. The average molecular weight is 337 g/mol. The van der Waals surface area contributed by atoms with E-state index >= 15 is 0 Å². The number of rotatable bonds is 4. The van der Waals surface area contributed by atoms with Crippen molar-refractivity contribution in [3.63, 3.8) is 0 Å². The average Bonchev–Trinajstić information content (AvgIpc) is 3.02. The molecule has 1 aromatic heterocycles. The molecule has 0 saturated carbocycles. The number of aromatic nitrogens is 4. The Bertz CT molecular complexity index is 850. The van der Waals surface area contributed by atoms with Gasteiger partial charge in [-0.15, -0.1) is 5.10 Å². The first-order chi connectivity index (χ1) is 12.3. The van der Waals surface area contributed by atoms with Crippen LogP contribution in [0.15, 0.2) is 48.5 Å². The number of tetrazole rings is 1. The topological polar surface area (TPSA) is 74.1 Å². The molecule has 25 heavy (non-hydrogen) atoms. The van der Waals surface area contributed by atoms with Crippen LogP contribution >= 0.6 is 0 Å². The number of nitrogens with zero attached hydrogens (tertiary/aromatic N) is 4. The number of ether oxygens (including phenoxy) is 2. The highest BCUT2D eigenvalue weighted by Crippen LogP contribution is 2.33. The Morgan fingerprint density at radius 3 is 2.68 bits per heavy atom. The van der Waals surface area contributed by atoms with Crippen LogP contribution in [0, 0.1) is 0 Å². The van der Waals surface area contributed by atoms with Crippen LogP contribution in [0.3, 0.4) is 0 Å². The summed E-state index contributed by atoms with van der Waals surface area (Å²) in [4.78, 5) is 0. The van der Waals surface area contributed by atoms with Crippen molar-refractivity contribution in [1.29, 1.82) is 0 Å². The number of benzene rings is 2. The molecular formula is C18H19N5O2. The van der Waals surface area contributed by atoms with Gasteiger partial charge in [-0.25, -0.2) is 0 Å². The molecule has 2 heterocycles. The third-order valence-electron chi connectivity index (χ3n) is 4.01. The summed E-state index contributed by atoms with van der Waals surface area (Å²) in [6, 6.07) is 15.6. The van der Waals surface area contributed by atoms with E-state index in [0.717, 1.165) is 35.1 Å². The van der Waals surface area contributed by atoms with E-state index < -0.39 is 0 Å². The Hall–Kier alpha value is -3.09. The Balaban J connectivity index is 1.56. The fourth-order valence-electron chi connectivity index (χ4n) is 2.78. The van der Waals surface area contributed by atoms with Crippen LogP contribution in [0.5, 0.6) is 11.5 Å². The van der Waals surface area contributed by atoms with Crippen molar-refractivity contribution in [2.45, 2.75) is 19.4 Å². The van der Waals surface area contributed by atoms with Crippen molar-refractivity contribution in [2.24, 2.45) is 0 Å². The SMILES string of the molecule is C[C@@H](Nc1ccc2c(c1)OCCCO2)c1nnnn1-c1ccccc1. The predicted molar refractivity (Wildman–Crippen MR) is 93.2 cm³/mol. The smallest absolute Gasteiger partial charge is 0.178 e. The molecule has 0 bridgehead atoms. The van der Waals surface area contributed by atoms with Crippen LogP contribution in [0.2, 0.25) is 0 Å². The summed E-state index contributed by atoms with van der Waals surface area (Å²) in [5, 5.41) is 15.5. The summed E-state index contributed by atoms with van der Waals surface area (Å²) in [5.41, 5.74) is 1.86.